The molecule has 2 aromatic rings. The average Bonchev–Trinajstić information content (AvgIpc) is 2.72. The van der Waals surface area contributed by atoms with Gasteiger partial charge in [-0.3, -0.25) is 0 Å². The molecule has 1 aliphatic rings. The molecule has 0 unspecified atom stereocenters. The Morgan fingerprint density at radius 2 is 1.89 bits per heavy atom. The highest BCUT2D eigenvalue weighted by Gasteiger charge is 2.43. The fourth-order valence-corrected chi connectivity index (χ4v) is 4.44. The summed E-state index contributed by atoms with van der Waals surface area (Å²) in [6.45, 7) is 7.08. The van der Waals surface area contributed by atoms with Gasteiger partial charge < -0.3 is 19.9 Å². The Morgan fingerprint density at radius 3 is 2.57 bits per heavy atom. The van der Waals surface area contributed by atoms with Crippen molar-refractivity contribution in [1.29, 1.82) is 0 Å². The number of phenolic OH excluding ortho intramolecular Hbond substituents is 1. The van der Waals surface area contributed by atoms with Crippen LogP contribution in [0.15, 0.2) is 48.5 Å². The number of ether oxygens (including phenoxy) is 2. The third-order valence-electron chi connectivity index (χ3n) is 6.38. The molecule has 3 rings (SSSR count). The van der Waals surface area contributed by atoms with Crippen molar-refractivity contribution < 1.29 is 19.9 Å². The molecular weight excluding hydrogens is 350 g/mol. The van der Waals surface area contributed by atoms with Crippen molar-refractivity contribution in [2.45, 2.75) is 57.1 Å². The molecule has 1 fully saturated rings. The van der Waals surface area contributed by atoms with Crippen molar-refractivity contribution in [3.8, 4) is 11.5 Å². The van der Waals surface area contributed by atoms with Crippen molar-refractivity contribution >= 4 is 0 Å². The number of phenols is 1. The molecule has 0 amide bonds. The molecule has 3 N–H and O–H groups in total. The minimum atomic E-state index is -0.0735. The van der Waals surface area contributed by atoms with E-state index in [-0.39, 0.29) is 11.0 Å². The summed E-state index contributed by atoms with van der Waals surface area (Å²) < 4.78 is 11.5. The van der Waals surface area contributed by atoms with Crippen LogP contribution in [0, 0.1) is 0 Å². The number of methoxy groups -OCH3 is 1. The molecule has 0 radical (unpaired) electrons. The first-order valence-corrected chi connectivity index (χ1v) is 10.4. The normalized spacial score (nSPS) is 24.8. The SMILES string of the molecule is CC[C@]1(C)C[C@@](CC[NH2+]Cc2ccccc2O)(c2ccc(OC)cc2)CCO1. The number of para-hydroxylation sites is 1. The molecule has 1 saturated heterocycles. The minimum Gasteiger partial charge on any atom is -0.507 e. The smallest absolute Gasteiger partial charge is 0.124 e. The van der Waals surface area contributed by atoms with Gasteiger partial charge in [-0.2, -0.15) is 0 Å². The van der Waals surface area contributed by atoms with E-state index < -0.39 is 0 Å². The Morgan fingerprint density at radius 1 is 1.14 bits per heavy atom. The Labute approximate surface area is 168 Å². The molecule has 152 valence electrons. The Balaban J connectivity index is 1.73. The van der Waals surface area contributed by atoms with E-state index in [4.69, 9.17) is 9.47 Å². The monoisotopic (exact) mass is 384 g/mol. The van der Waals surface area contributed by atoms with Gasteiger partial charge in [0.2, 0.25) is 0 Å². The highest BCUT2D eigenvalue weighted by molar-refractivity contribution is 5.33. The second kappa shape index (κ2) is 8.97. The Kier molecular flexibility index (Phi) is 6.63. The summed E-state index contributed by atoms with van der Waals surface area (Å²) in [5.41, 5.74) is 2.42. The third-order valence-corrected chi connectivity index (χ3v) is 6.38. The van der Waals surface area contributed by atoms with Crippen LogP contribution < -0.4 is 10.1 Å². The summed E-state index contributed by atoms with van der Waals surface area (Å²) in [7, 11) is 1.71. The zero-order chi connectivity index (χ0) is 20.0. The van der Waals surface area contributed by atoms with Gasteiger partial charge in [0.05, 0.1) is 19.3 Å². The summed E-state index contributed by atoms with van der Waals surface area (Å²) in [6, 6.07) is 16.2. The van der Waals surface area contributed by atoms with Crippen LogP contribution in [0.25, 0.3) is 0 Å². The summed E-state index contributed by atoms with van der Waals surface area (Å²) in [5, 5.41) is 12.3. The molecule has 0 aromatic heterocycles. The van der Waals surface area contributed by atoms with E-state index in [0.717, 1.165) is 56.7 Å². The lowest BCUT2D eigenvalue weighted by Gasteiger charge is -2.46. The molecule has 4 nitrogen and oxygen atoms in total. The predicted molar refractivity (Wildman–Crippen MR) is 112 cm³/mol. The molecule has 4 heteroatoms. The van der Waals surface area contributed by atoms with Crippen LogP contribution >= 0.6 is 0 Å². The van der Waals surface area contributed by atoms with Crippen LogP contribution in [0.5, 0.6) is 11.5 Å². The molecule has 0 aliphatic carbocycles. The van der Waals surface area contributed by atoms with E-state index in [0.29, 0.717) is 5.75 Å². The van der Waals surface area contributed by atoms with Crippen molar-refractivity contribution in [3.63, 3.8) is 0 Å². The van der Waals surface area contributed by atoms with Gasteiger partial charge in [-0.1, -0.05) is 31.2 Å². The number of hydrogen-bond donors (Lipinski definition) is 2. The van der Waals surface area contributed by atoms with Crippen LogP contribution in [0.3, 0.4) is 0 Å². The van der Waals surface area contributed by atoms with Gasteiger partial charge in [-0.15, -0.1) is 0 Å². The maximum Gasteiger partial charge on any atom is 0.124 e. The number of rotatable bonds is 8. The van der Waals surface area contributed by atoms with Crippen LogP contribution in [0.4, 0.5) is 0 Å². The molecule has 0 saturated carbocycles. The standard InChI is InChI=1S/C24H33NO3/c1-4-23(2)18-24(14-16-28-23,20-9-11-21(27-3)12-10-20)13-15-25-17-19-7-5-6-8-22(19)26/h5-12,25-26H,4,13-18H2,1-3H3/p+1/t23-,24+/m1/s1. The molecular formula is C24H34NO3+. The quantitative estimate of drug-likeness (QED) is 0.681. The van der Waals surface area contributed by atoms with Crippen LogP contribution in [0.2, 0.25) is 0 Å². The second-order valence-electron chi connectivity index (χ2n) is 8.25. The van der Waals surface area contributed by atoms with Crippen molar-refractivity contribution in [3.05, 3.63) is 59.7 Å². The molecule has 28 heavy (non-hydrogen) atoms. The highest BCUT2D eigenvalue weighted by Crippen LogP contribution is 2.45. The van der Waals surface area contributed by atoms with Gasteiger partial charge in [0, 0.05) is 24.0 Å². The fourth-order valence-electron chi connectivity index (χ4n) is 4.44. The minimum absolute atomic E-state index is 0.0735. The lowest BCUT2D eigenvalue weighted by atomic mass is 9.66. The summed E-state index contributed by atoms with van der Waals surface area (Å²) >= 11 is 0. The van der Waals surface area contributed by atoms with Crippen LogP contribution in [-0.2, 0) is 16.7 Å². The first-order chi connectivity index (χ1) is 13.5. The maximum absolute atomic E-state index is 9.99. The van der Waals surface area contributed by atoms with E-state index in [9.17, 15) is 5.11 Å². The zero-order valence-electron chi connectivity index (χ0n) is 17.4. The number of hydrogen-bond acceptors (Lipinski definition) is 3. The number of nitrogens with two attached hydrogens (primary N) is 1. The summed E-state index contributed by atoms with van der Waals surface area (Å²) in [4.78, 5) is 0. The Bertz CT molecular complexity index is 761. The molecule has 0 spiro atoms. The van der Waals surface area contributed by atoms with Gasteiger partial charge in [-0.25, -0.2) is 0 Å². The largest absolute Gasteiger partial charge is 0.507 e. The first-order valence-electron chi connectivity index (χ1n) is 10.4. The third kappa shape index (κ3) is 4.68. The zero-order valence-corrected chi connectivity index (χ0v) is 17.4. The van der Waals surface area contributed by atoms with E-state index in [1.807, 2.05) is 18.2 Å². The van der Waals surface area contributed by atoms with E-state index >= 15 is 0 Å². The summed E-state index contributed by atoms with van der Waals surface area (Å²) in [5.74, 6) is 1.28. The summed E-state index contributed by atoms with van der Waals surface area (Å²) in [6.07, 6.45) is 4.19. The van der Waals surface area contributed by atoms with Crippen LogP contribution in [-0.4, -0.2) is 31.0 Å². The van der Waals surface area contributed by atoms with E-state index in [2.05, 4.69) is 43.4 Å². The lowest BCUT2D eigenvalue weighted by molar-refractivity contribution is -0.672. The molecule has 0 bridgehead atoms. The average molecular weight is 385 g/mol. The number of aromatic hydroxyl groups is 1. The highest BCUT2D eigenvalue weighted by atomic mass is 16.5. The van der Waals surface area contributed by atoms with Crippen LogP contribution in [0.1, 0.15) is 50.7 Å². The Hall–Kier alpha value is -2.04. The van der Waals surface area contributed by atoms with Crippen molar-refractivity contribution in [2.75, 3.05) is 20.3 Å². The maximum atomic E-state index is 9.99. The van der Waals surface area contributed by atoms with Gasteiger partial charge in [0.25, 0.3) is 0 Å². The van der Waals surface area contributed by atoms with Gasteiger partial charge in [0.1, 0.15) is 18.0 Å². The first kappa shape index (κ1) is 20.7. The predicted octanol–water partition coefficient (Wildman–Crippen LogP) is 3.77. The van der Waals surface area contributed by atoms with Gasteiger partial charge in [0.15, 0.2) is 0 Å². The lowest BCUT2D eigenvalue weighted by Crippen LogP contribution is -2.83. The fraction of sp³-hybridized carbons (Fsp3) is 0.500. The van der Waals surface area contributed by atoms with Gasteiger partial charge in [-0.05, 0) is 56.0 Å². The molecule has 2 aromatic carbocycles. The van der Waals surface area contributed by atoms with E-state index in [1.165, 1.54) is 5.56 Å². The molecule has 2 atom stereocenters. The molecule has 1 heterocycles. The second-order valence-corrected chi connectivity index (χ2v) is 8.25. The van der Waals surface area contributed by atoms with Crippen molar-refractivity contribution in [2.24, 2.45) is 0 Å². The number of benzene rings is 2. The van der Waals surface area contributed by atoms with E-state index in [1.54, 1.807) is 13.2 Å². The van der Waals surface area contributed by atoms with Crippen molar-refractivity contribution in [1.82, 2.24) is 0 Å². The number of quaternary nitrogens is 1. The topological polar surface area (TPSA) is 55.3 Å². The van der Waals surface area contributed by atoms with Gasteiger partial charge >= 0.3 is 0 Å². The molecule has 1 aliphatic heterocycles.